The molecule has 0 spiro atoms. The fraction of sp³-hybridized carbons (Fsp3) is 0.929. The van der Waals surface area contributed by atoms with E-state index in [1.54, 1.807) is 0 Å². The van der Waals surface area contributed by atoms with Gasteiger partial charge in [-0.15, -0.1) is 24.0 Å². The largest absolute Gasteiger partial charge is 0.370 e. The zero-order valence-electron chi connectivity index (χ0n) is 13.3. The van der Waals surface area contributed by atoms with Gasteiger partial charge >= 0.3 is 0 Å². The summed E-state index contributed by atoms with van der Waals surface area (Å²) in [4.78, 5) is 6.57. The highest BCUT2D eigenvalue weighted by Gasteiger charge is 2.09. The normalized spacial score (nSPS) is 12.4. The maximum Gasteiger partial charge on any atom is 0.188 e. The first-order valence-electron chi connectivity index (χ1n) is 7.04. The highest BCUT2D eigenvalue weighted by Crippen LogP contribution is 2.03. The molecule has 0 rings (SSSR count). The Hall–Kier alpha value is -0.0400. The smallest absolute Gasteiger partial charge is 0.188 e. The summed E-state index contributed by atoms with van der Waals surface area (Å²) in [6.45, 7) is 8.28. The van der Waals surface area contributed by atoms with Crippen LogP contribution in [0.1, 0.15) is 52.9 Å². The van der Waals surface area contributed by atoms with Crippen molar-refractivity contribution in [1.29, 1.82) is 0 Å². The molecule has 0 saturated heterocycles. The number of rotatable bonds is 8. The minimum atomic E-state index is -0.000236. The number of aliphatic imine (C=N–C) groups is 1. The lowest BCUT2D eigenvalue weighted by Crippen LogP contribution is -2.45. The van der Waals surface area contributed by atoms with Gasteiger partial charge in [-0.1, -0.05) is 19.3 Å². The molecular formula is C14H33IN4. The lowest BCUT2D eigenvalue weighted by molar-refractivity contribution is 0.390. The monoisotopic (exact) mass is 384 g/mol. The number of unbranched alkanes of at least 4 members (excludes halogenated alkanes) is 4. The summed E-state index contributed by atoms with van der Waals surface area (Å²) < 4.78 is 0. The Morgan fingerprint density at radius 1 is 1.05 bits per heavy atom. The second kappa shape index (κ2) is 11.8. The van der Waals surface area contributed by atoms with Gasteiger partial charge in [-0.2, -0.15) is 0 Å². The predicted octanol–water partition coefficient (Wildman–Crippen LogP) is 2.82. The molecule has 0 aromatic carbocycles. The molecule has 0 aromatic heterocycles. The van der Waals surface area contributed by atoms with Gasteiger partial charge < -0.3 is 16.0 Å². The molecule has 0 aliphatic carbocycles. The van der Waals surface area contributed by atoms with Crippen LogP contribution in [-0.2, 0) is 0 Å². The molecule has 0 amide bonds. The Morgan fingerprint density at radius 3 is 2.11 bits per heavy atom. The number of hydrogen-bond acceptors (Lipinski definition) is 2. The van der Waals surface area contributed by atoms with Crippen molar-refractivity contribution < 1.29 is 0 Å². The first-order valence-corrected chi connectivity index (χ1v) is 7.04. The number of halogens is 1. The SMILES string of the molecule is CN(C)CCCCCCCN=C(N)NC(C)(C)C.I. The van der Waals surface area contributed by atoms with Crippen molar-refractivity contribution in [3.05, 3.63) is 0 Å². The third kappa shape index (κ3) is 18.0. The van der Waals surface area contributed by atoms with Crippen LogP contribution in [0.5, 0.6) is 0 Å². The van der Waals surface area contributed by atoms with Crippen molar-refractivity contribution in [1.82, 2.24) is 10.2 Å². The van der Waals surface area contributed by atoms with Gasteiger partial charge in [0.2, 0.25) is 0 Å². The molecule has 0 atom stereocenters. The van der Waals surface area contributed by atoms with E-state index in [9.17, 15) is 0 Å². The van der Waals surface area contributed by atoms with Crippen LogP contribution in [-0.4, -0.2) is 43.6 Å². The molecule has 0 radical (unpaired) electrons. The second-order valence-electron chi connectivity index (χ2n) is 6.21. The summed E-state index contributed by atoms with van der Waals surface area (Å²) in [6, 6.07) is 0. The summed E-state index contributed by atoms with van der Waals surface area (Å²) in [5.74, 6) is 0.565. The van der Waals surface area contributed by atoms with Crippen molar-refractivity contribution in [2.24, 2.45) is 10.7 Å². The van der Waals surface area contributed by atoms with Crippen molar-refractivity contribution in [2.75, 3.05) is 27.2 Å². The van der Waals surface area contributed by atoms with Crippen LogP contribution in [0.4, 0.5) is 0 Å². The predicted molar refractivity (Wildman–Crippen MR) is 96.4 cm³/mol. The van der Waals surface area contributed by atoms with Crippen LogP contribution < -0.4 is 11.1 Å². The number of guanidine groups is 1. The number of nitrogens with one attached hydrogen (secondary N) is 1. The van der Waals surface area contributed by atoms with Crippen LogP contribution in [0.15, 0.2) is 4.99 Å². The van der Waals surface area contributed by atoms with E-state index in [1.165, 1.54) is 32.2 Å². The van der Waals surface area contributed by atoms with Gasteiger partial charge in [0.15, 0.2) is 5.96 Å². The van der Waals surface area contributed by atoms with E-state index in [2.05, 4.69) is 50.1 Å². The molecule has 19 heavy (non-hydrogen) atoms. The molecule has 0 unspecified atom stereocenters. The van der Waals surface area contributed by atoms with Crippen LogP contribution in [0.3, 0.4) is 0 Å². The number of hydrogen-bond donors (Lipinski definition) is 2. The molecular weight excluding hydrogens is 351 g/mol. The lowest BCUT2D eigenvalue weighted by Gasteiger charge is -2.20. The highest BCUT2D eigenvalue weighted by atomic mass is 127. The first-order chi connectivity index (χ1) is 8.31. The van der Waals surface area contributed by atoms with Crippen LogP contribution in [0, 0.1) is 0 Å². The van der Waals surface area contributed by atoms with Gasteiger partial charge in [0.05, 0.1) is 0 Å². The third-order valence-corrected chi connectivity index (χ3v) is 2.55. The van der Waals surface area contributed by atoms with Gasteiger partial charge in [-0.25, -0.2) is 0 Å². The molecule has 116 valence electrons. The minimum absolute atomic E-state index is 0. The highest BCUT2D eigenvalue weighted by molar-refractivity contribution is 14.0. The summed E-state index contributed by atoms with van der Waals surface area (Å²) in [7, 11) is 4.25. The molecule has 0 fully saturated rings. The van der Waals surface area contributed by atoms with Gasteiger partial charge in [0.1, 0.15) is 0 Å². The lowest BCUT2D eigenvalue weighted by atomic mass is 10.1. The van der Waals surface area contributed by atoms with Crippen molar-refractivity contribution in [3.63, 3.8) is 0 Å². The maximum absolute atomic E-state index is 5.79. The van der Waals surface area contributed by atoms with E-state index in [1.807, 2.05) is 0 Å². The molecule has 0 saturated carbocycles. The Bertz CT molecular complexity index is 234. The van der Waals surface area contributed by atoms with E-state index < -0.39 is 0 Å². The summed E-state index contributed by atoms with van der Waals surface area (Å²) in [5, 5.41) is 3.17. The summed E-state index contributed by atoms with van der Waals surface area (Å²) in [6.07, 6.45) is 6.30. The topological polar surface area (TPSA) is 53.6 Å². The van der Waals surface area contributed by atoms with Gasteiger partial charge in [-0.3, -0.25) is 4.99 Å². The quantitative estimate of drug-likeness (QED) is 0.293. The third-order valence-electron chi connectivity index (χ3n) is 2.55. The van der Waals surface area contributed by atoms with Crippen molar-refractivity contribution >= 4 is 29.9 Å². The fourth-order valence-electron chi connectivity index (χ4n) is 1.69. The standard InChI is InChI=1S/C14H32N4.HI/c1-14(2,3)17-13(15)16-11-9-7-6-8-10-12-18(4)5;/h6-12H2,1-5H3,(H3,15,16,17);1H. The molecule has 4 nitrogen and oxygen atoms in total. The second-order valence-corrected chi connectivity index (χ2v) is 6.21. The Labute approximate surface area is 136 Å². The Balaban J connectivity index is 0. The molecule has 5 heteroatoms. The van der Waals surface area contributed by atoms with E-state index in [0.29, 0.717) is 5.96 Å². The van der Waals surface area contributed by atoms with Crippen LogP contribution in [0.25, 0.3) is 0 Å². The van der Waals surface area contributed by atoms with Crippen molar-refractivity contribution in [2.45, 2.75) is 58.4 Å². The maximum atomic E-state index is 5.79. The van der Waals surface area contributed by atoms with E-state index >= 15 is 0 Å². The zero-order chi connectivity index (χ0) is 14.0. The molecule has 0 bridgehead atoms. The summed E-state index contributed by atoms with van der Waals surface area (Å²) >= 11 is 0. The van der Waals surface area contributed by atoms with Gasteiger partial charge in [0.25, 0.3) is 0 Å². The summed E-state index contributed by atoms with van der Waals surface area (Å²) in [5.41, 5.74) is 5.79. The van der Waals surface area contributed by atoms with Gasteiger partial charge in [0, 0.05) is 12.1 Å². The molecule has 0 aliphatic rings. The van der Waals surface area contributed by atoms with E-state index in [0.717, 1.165) is 13.0 Å². The van der Waals surface area contributed by atoms with E-state index in [4.69, 9.17) is 5.73 Å². The molecule has 0 aromatic rings. The average molecular weight is 384 g/mol. The minimum Gasteiger partial charge on any atom is -0.370 e. The molecule has 3 N–H and O–H groups in total. The average Bonchev–Trinajstić information content (AvgIpc) is 2.18. The van der Waals surface area contributed by atoms with Gasteiger partial charge in [-0.05, 0) is 54.3 Å². The number of nitrogens with zero attached hydrogens (tertiary/aromatic N) is 2. The van der Waals surface area contributed by atoms with Crippen molar-refractivity contribution in [3.8, 4) is 0 Å². The Kier molecular flexibility index (Phi) is 13.2. The molecule has 0 heterocycles. The van der Waals surface area contributed by atoms with E-state index in [-0.39, 0.29) is 29.5 Å². The van der Waals surface area contributed by atoms with Crippen LogP contribution in [0.2, 0.25) is 0 Å². The number of nitrogens with two attached hydrogens (primary N) is 1. The Morgan fingerprint density at radius 2 is 1.58 bits per heavy atom. The first kappa shape index (κ1) is 21.3. The zero-order valence-corrected chi connectivity index (χ0v) is 15.7. The van der Waals surface area contributed by atoms with Crippen LogP contribution >= 0.6 is 24.0 Å². The molecule has 0 aliphatic heterocycles. The fourth-order valence-corrected chi connectivity index (χ4v) is 1.69.